The molecule has 0 atom stereocenters. The lowest BCUT2D eigenvalue weighted by molar-refractivity contribution is -0.0498. The van der Waals surface area contributed by atoms with E-state index in [1.54, 1.807) is 24.3 Å². The Kier molecular flexibility index (Phi) is 5.33. The molecule has 0 radical (unpaired) electrons. The summed E-state index contributed by atoms with van der Waals surface area (Å²) in [6.45, 7) is -2.91. The highest BCUT2D eigenvalue weighted by atomic mass is 19.3. The van der Waals surface area contributed by atoms with E-state index in [1.165, 1.54) is 42.9 Å². The van der Waals surface area contributed by atoms with Crippen LogP contribution >= 0.6 is 0 Å². The molecular weight excluding hydrogens is 344 g/mol. The molecule has 0 aliphatic rings. The average molecular weight is 357 g/mol. The molecule has 3 aromatic rings. The quantitative estimate of drug-likeness (QED) is 0.718. The first kappa shape index (κ1) is 17.3. The van der Waals surface area contributed by atoms with Gasteiger partial charge in [-0.05, 0) is 36.4 Å². The van der Waals surface area contributed by atoms with E-state index in [4.69, 9.17) is 4.74 Å². The summed E-state index contributed by atoms with van der Waals surface area (Å²) in [5.74, 6) is 0.385. The van der Waals surface area contributed by atoms with Gasteiger partial charge < -0.3 is 14.8 Å². The lowest BCUT2D eigenvalue weighted by Gasteiger charge is -2.09. The molecule has 0 saturated heterocycles. The van der Waals surface area contributed by atoms with Crippen molar-refractivity contribution in [1.29, 1.82) is 0 Å². The van der Waals surface area contributed by atoms with Crippen molar-refractivity contribution in [1.82, 2.24) is 9.97 Å². The number of aromatic nitrogens is 2. The monoisotopic (exact) mass is 357 g/mol. The van der Waals surface area contributed by atoms with E-state index in [0.29, 0.717) is 22.9 Å². The maximum Gasteiger partial charge on any atom is 0.387 e. The van der Waals surface area contributed by atoms with Crippen LogP contribution in [0.3, 0.4) is 0 Å². The van der Waals surface area contributed by atoms with E-state index in [9.17, 15) is 13.6 Å². The number of alkyl halides is 2. The molecule has 0 saturated carbocycles. The first-order valence-corrected chi connectivity index (χ1v) is 7.50. The summed E-state index contributed by atoms with van der Waals surface area (Å²) < 4.78 is 34.1. The molecule has 6 nitrogen and oxygen atoms in total. The zero-order chi connectivity index (χ0) is 18.4. The molecular formula is C18H13F2N3O3. The SMILES string of the molecule is O=C(Nc1cccc(Oc2cnccn2)c1)c1ccc(OC(F)F)cc1. The minimum Gasteiger partial charge on any atom is -0.437 e. The Balaban J connectivity index is 1.66. The fourth-order valence-corrected chi connectivity index (χ4v) is 2.09. The number of hydrogen-bond donors (Lipinski definition) is 1. The lowest BCUT2D eigenvalue weighted by atomic mass is 10.2. The molecule has 8 heteroatoms. The number of carbonyl (C=O) groups excluding carboxylic acids is 1. The van der Waals surface area contributed by atoms with Crippen LogP contribution in [0, 0.1) is 0 Å². The van der Waals surface area contributed by atoms with Crippen LogP contribution in [0.25, 0.3) is 0 Å². The number of anilines is 1. The van der Waals surface area contributed by atoms with Crippen molar-refractivity contribution in [3.05, 3.63) is 72.7 Å². The number of amides is 1. The Morgan fingerprint density at radius 2 is 1.85 bits per heavy atom. The molecule has 2 aromatic carbocycles. The summed E-state index contributed by atoms with van der Waals surface area (Å²) in [5.41, 5.74) is 0.802. The van der Waals surface area contributed by atoms with Crippen LogP contribution in [0.4, 0.5) is 14.5 Å². The van der Waals surface area contributed by atoms with Crippen molar-refractivity contribution in [2.75, 3.05) is 5.32 Å². The van der Waals surface area contributed by atoms with Crippen LogP contribution in [0.5, 0.6) is 17.4 Å². The number of nitrogens with zero attached hydrogens (tertiary/aromatic N) is 2. The van der Waals surface area contributed by atoms with Crippen LogP contribution in [0.2, 0.25) is 0 Å². The molecule has 0 fully saturated rings. The number of halogens is 2. The van der Waals surface area contributed by atoms with Gasteiger partial charge in [0.05, 0.1) is 6.20 Å². The van der Waals surface area contributed by atoms with Gasteiger partial charge in [0.15, 0.2) is 0 Å². The van der Waals surface area contributed by atoms with Gasteiger partial charge in [0.1, 0.15) is 11.5 Å². The summed E-state index contributed by atoms with van der Waals surface area (Å²) in [7, 11) is 0. The largest absolute Gasteiger partial charge is 0.437 e. The fraction of sp³-hybridized carbons (Fsp3) is 0.0556. The van der Waals surface area contributed by atoms with Gasteiger partial charge >= 0.3 is 6.61 Å². The van der Waals surface area contributed by atoms with E-state index in [1.807, 2.05) is 0 Å². The van der Waals surface area contributed by atoms with Crippen LogP contribution < -0.4 is 14.8 Å². The van der Waals surface area contributed by atoms with Crippen LogP contribution in [-0.4, -0.2) is 22.5 Å². The van der Waals surface area contributed by atoms with Gasteiger partial charge in [-0.3, -0.25) is 9.78 Å². The normalized spacial score (nSPS) is 10.4. The predicted molar refractivity (Wildman–Crippen MR) is 89.6 cm³/mol. The summed E-state index contributed by atoms with van der Waals surface area (Å²) in [5, 5.41) is 2.70. The van der Waals surface area contributed by atoms with Crippen molar-refractivity contribution in [3.8, 4) is 17.4 Å². The van der Waals surface area contributed by atoms with Crippen molar-refractivity contribution in [2.24, 2.45) is 0 Å². The first-order valence-electron chi connectivity index (χ1n) is 7.50. The van der Waals surface area contributed by atoms with E-state index < -0.39 is 12.5 Å². The lowest BCUT2D eigenvalue weighted by Crippen LogP contribution is -2.12. The fourth-order valence-electron chi connectivity index (χ4n) is 2.09. The summed E-state index contributed by atoms with van der Waals surface area (Å²) in [6, 6.07) is 12.1. The first-order chi connectivity index (χ1) is 12.6. The van der Waals surface area contributed by atoms with Gasteiger partial charge in [-0.15, -0.1) is 0 Å². The highest BCUT2D eigenvalue weighted by molar-refractivity contribution is 6.04. The Morgan fingerprint density at radius 3 is 2.54 bits per heavy atom. The second kappa shape index (κ2) is 8.02. The number of rotatable bonds is 6. The zero-order valence-electron chi connectivity index (χ0n) is 13.3. The number of benzene rings is 2. The minimum atomic E-state index is -2.91. The Hall–Kier alpha value is -3.55. The van der Waals surface area contributed by atoms with Crippen LogP contribution in [0.1, 0.15) is 10.4 Å². The van der Waals surface area contributed by atoms with E-state index in [-0.39, 0.29) is 5.75 Å². The van der Waals surface area contributed by atoms with Gasteiger partial charge in [-0.1, -0.05) is 6.07 Å². The Labute approximate surface area is 147 Å². The summed E-state index contributed by atoms with van der Waals surface area (Å²) >= 11 is 0. The molecule has 3 rings (SSSR count). The standard InChI is InChI=1S/C18H13F2N3O3/c19-18(20)26-14-6-4-12(5-7-14)17(24)23-13-2-1-3-15(10-13)25-16-11-21-8-9-22-16/h1-11,18H,(H,23,24). The number of hydrogen-bond acceptors (Lipinski definition) is 5. The number of carbonyl (C=O) groups is 1. The van der Waals surface area contributed by atoms with Crippen molar-refractivity contribution in [3.63, 3.8) is 0 Å². The molecule has 0 unspecified atom stereocenters. The Bertz CT molecular complexity index is 874. The third-order valence-electron chi connectivity index (χ3n) is 3.20. The van der Waals surface area contributed by atoms with Gasteiger partial charge in [0.25, 0.3) is 5.91 Å². The third kappa shape index (κ3) is 4.73. The predicted octanol–water partition coefficient (Wildman–Crippen LogP) is 4.12. The van der Waals surface area contributed by atoms with E-state index in [2.05, 4.69) is 20.0 Å². The second-order valence-corrected chi connectivity index (χ2v) is 5.03. The van der Waals surface area contributed by atoms with E-state index >= 15 is 0 Å². The average Bonchev–Trinajstić information content (AvgIpc) is 2.63. The summed E-state index contributed by atoms with van der Waals surface area (Å²) in [6.07, 6.45) is 4.50. The molecule has 1 aromatic heterocycles. The zero-order valence-corrected chi connectivity index (χ0v) is 13.3. The smallest absolute Gasteiger partial charge is 0.387 e. The number of nitrogens with one attached hydrogen (secondary N) is 1. The van der Waals surface area contributed by atoms with Crippen molar-refractivity contribution >= 4 is 11.6 Å². The molecule has 0 aliphatic carbocycles. The highest BCUT2D eigenvalue weighted by Gasteiger charge is 2.09. The highest BCUT2D eigenvalue weighted by Crippen LogP contribution is 2.23. The van der Waals surface area contributed by atoms with Gasteiger partial charge in [-0.25, -0.2) is 4.98 Å². The van der Waals surface area contributed by atoms with Crippen LogP contribution in [0.15, 0.2) is 67.1 Å². The van der Waals surface area contributed by atoms with Crippen LogP contribution in [-0.2, 0) is 0 Å². The van der Waals surface area contributed by atoms with Gasteiger partial charge in [0.2, 0.25) is 5.88 Å². The molecule has 1 amide bonds. The number of ether oxygens (including phenoxy) is 2. The second-order valence-electron chi connectivity index (χ2n) is 5.03. The maximum absolute atomic E-state index is 12.3. The van der Waals surface area contributed by atoms with Gasteiger partial charge in [0, 0.05) is 29.7 Å². The summed E-state index contributed by atoms with van der Waals surface area (Å²) in [4.78, 5) is 20.2. The molecule has 1 N–H and O–H groups in total. The van der Waals surface area contributed by atoms with Gasteiger partial charge in [-0.2, -0.15) is 8.78 Å². The topological polar surface area (TPSA) is 73.3 Å². The molecule has 0 spiro atoms. The van der Waals surface area contributed by atoms with Crippen molar-refractivity contribution in [2.45, 2.75) is 6.61 Å². The van der Waals surface area contributed by atoms with E-state index in [0.717, 1.165) is 0 Å². The maximum atomic E-state index is 12.3. The Morgan fingerprint density at radius 1 is 1.04 bits per heavy atom. The minimum absolute atomic E-state index is 0.0177. The third-order valence-corrected chi connectivity index (χ3v) is 3.20. The molecule has 1 heterocycles. The molecule has 0 bridgehead atoms. The van der Waals surface area contributed by atoms with Crippen molar-refractivity contribution < 1.29 is 23.0 Å². The molecule has 0 aliphatic heterocycles. The molecule has 26 heavy (non-hydrogen) atoms. The molecule has 132 valence electrons.